The minimum absolute atomic E-state index is 0.250. The van der Waals surface area contributed by atoms with Crippen LogP contribution in [0.3, 0.4) is 0 Å². The number of nitriles is 1. The smallest absolute Gasteiger partial charge is 0.257 e. The number of hydrogen-bond acceptors (Lipinski definition) is 10. The minimum atomic E-state index is -0.416. The molecule has 0 radical (unpaired) electrons. The van der Waals surface area contributed by atoms with Crippen molar-refractivity contribution in [1.82, 2.24) is 15.2 Å². The Bertz CT molecular complexity index is 1360. The Labute approximate surface area is 205 Å². The maximum absolute atomic E-state index is 12.9. The average Bonchev–Trinajstić information content (AvgIpc) is 3.48. The van der Waals surface area contributed by atoms with Crippen LogP contribution in [-0.4, -0.2) is 40.9 Å². The van der Waals surface area contributed by atoms with Crippen molar-refractivity contribution in [2.75, 3.05) is 19.0 Å². The number of methoxy groups -OCH3 is 1. The average molecular weight is 492 g/mol. The van der Waals surface area contributed by atoms with Gasteiger partial charge in [0, 0.05) is 31.2 Å². The number of nitrogens with one attached hydrogen (secondary N) is 1. The lowest BCUT2D eigenvalue weighted by atomic mass is 10.1. The number of thiazole rings is 1. The maximum Gasteiger partial charge on any atom is 0.257 e. The molecule has 2 aromatic heterocycles. The van der Waals surface area contributed by atoms with Gasteiger partial charge in [0.25, 0.3) is 5.91 Å². The molecule has 0 aliphatic rings. The van der Waals surface area contributed by atoms with Crippen LogP contribution in [0.5, 0.6) is 17.2 Å². The molecule has 11 heteroatoms. The molecule has 0 fully saturated rings. The van der Waals surface area contributed by atoms with Gasteiger partial charge in [-0.25, -0.2) is 4.98 Å². The van der Waals surface area contributed by atoms with Gasteiger partial charge in [0.2, 0.25) is 11.8 Å². The molecule has 1 amide bonds. The van der Waals surface area contributed by atoms with Gasteiger partial charge in [-0.05, 0) is 43.3 Å². The molecule has 4 aromatic rings. The van der Waals surface area contributed by atoms with Crippen LogP contribution < -0.4 is 14.8 Å². The zero-order valence-corrected chi connectivity index (χ0v) is 20.0. The van der Waals surface area contributed by atoms with Gasteiger partial charge < -0.3 is 18.6 Å². The van der Waals surface area contributed by atoms with Gasteiger partial charge in [-0.2, -0.15) is 5.26 Å². The maximum atomic E-state index is 12.9. The molecular formula is C24H21N5O5S. The van der Waals surface area contributed by atoms with Crippen molar-refractivity contribution in [2.24, 2.45) is 0 Å². The zero-order chi connectivity index (χ0) is 24.8. The van der Waals surface area contributed by atoms with E-state index < -0.39 is 5.91 Å². The fourth-order valence-corrected chi connectivity index (χ4v) is 3.71. The first-order valence-electron chi connectivity index (χ1n) is 10.5. The summed E-state index contributed by atoms with van der Waals surface area (Å²) in [4.78, 5) is 17.3. The Balaban J connectivity index is 1.57. The second kappa shape index (κ2) is 10.8. The van der Waals surface area contributed by atoms with Crippen molar-refractivity contribution in [3.63, 3.8) is 0 Å². The molecule has 1 atom stereocenters. The number of amides is 1. The topological polar surface area (TPSA) is 132 Å². The Hall–Kier alpha value is -4.27. The summed E-state index contributed by atoms with van der Waals surface area (Å²) in [5, 5.41) is 19.8. The van der Waals surface area contributed by atoms with E-state index in [4.69, 9.17) is 23.9 Å². The molecular weight excluding hydrogens is 470 g/mol. The SMILES string of the molecule is COCC(C)Oc1cc(Oc2ccc(-c3nnc(C)o3)cc2)cc(C(=O)Nc2ncc(C#N)s2)c1. The van der Waals surface area contributed by atoms with E-state index in [2.05, 4.69) is 20.5 Å². The van der Waals surface area contributed by atoms with Crippen molar-refractivity contribution in [3.05, 3.63) is 65.0 Å². The summed E-state index contributed by atoms with van der Waals surface area (Å²) < 4.78 is 22.5. The van der Waals surface area contributed by atoms with Crippen LogP contribution in [0.2, 0.25) is 0 Å². The van der Waals surface area contributed by atoms with E-state index in [1.807, 2.05) is 13.0 Å². The van der Waals surface area contributed by atoms with Gasteiger partial charge in [0.05, 0.1) is 12.8 Å². The summed E-state index contributed by atoms with van der Waals surface area (Å²) in [6, 6.07) is 14.0. The van der Waals surface area contributed by atoms with Gasteiger partial charge in [-0.15, -0.1) is 10.2 Å². The predicted molar refractivity (Wildman–Crippen MR) is 128 cm³/mol. The fraction of sp³-hybridized carbons (Fsp3) is 0.208. The van der Waals surface area contributed by atoms with Crippen molar-refractivity contribution >= 4 is 22.4 Å². The van der Waals surface area contributed by atoms with Crippen molar-refractivity contribution < 1.29 is 23.4 Å². The van der Waals surface area contributed by atoms with Crippen molar-refractivity contribution in [2.45, 2.75) is 20.0 Å². The summed E-state index contributed by atoms with van der Waals surface area (Å²) in [7, 11) is 1.58. The van der Waals surface area contributed by atoms with E-state index in [1.54, 1.807) is 56.5 Å². The highest BCUT2D eigenvalue weighted by Gasteiger charge is 2.15. The number of aryl methyl sites for hydroxylation is 1. The van der Waals surface area contributed by atoms with Gasteiger partial charge in [-0.3, -0.25) is 10.1 Å². The number of rotatable bonds is 9. The normalized spacial score (nSPS) is 11.5. The summed E-state index contributed by atoms with van der Waals surface area (Å²) in [5.74, 6) is 1.85. The van der Waals surface area contributed by atoms with Crippen LogP contribution in [0.4, 0.5) is 5.13 Å². The highest BCUT2D eigenvalue weighted by atomic mass is 32.1. The number of ether oxygens (including phenoxy) is 3. The molecule has 35 heavy (non-hydrogen) atoms. The van der Waals surface area contributed by atoms with E-state index in [9.17, 15) is 4.79 Å². The second-order valence-corrected chi connectivity index (χ2v) is 8.46. The van der Waals surface area contributed by atoms with Crippen molar-refractivity contribution in [3.8, 4) is 34.8 Å². The third-order valence-corrected chi connectivity index (χ3v) is 5.40. The van der Waals surface area contributed by atoms with Crippen LogP contribution >= 0.6 is 11.3 Å². The van der Waals surface area contributed by atoms with Gasteiger partial charge in [-0.1, -0.05) is 11.3 Å². The van der Waals surface area contributed by atoms with Crippen LogP contribution in [0.15, 0.2) is 53.1 Å². The molecule has 0 aliphatic carbocycles. The molecule has 10 nitrogen and oxygen atoms in total. The third-order valence-electron chi connectivity index (χ3n) is 4.58. The number of anilines is 1. The fourth-order valence-electron chi connectivity index (χ4n) is 3.10. The van der Waals surface area contributed by atoms with Gasteiger partial charge >= 0.3 is 0 Å². The first kappa shape index (κ1) is 23.9. The second-order valence-electron chi connectivity index (χ2n) is 7.43. The standard InChI is InChI=1S/C24H21N5O5S/c1-14(13-31-3)32-19-8-17(22(30)27-24-26-12-21(11-25)35-24)9-20(10-19)34-18-6-4-16(5-7-18)23-29-28-15(2)33-23/h4-10,12,14H,13H2,1-3H3,(H,26,27,30). The molecule has 0 bridgehead atoms. The third kappa shape index (κ3) is 6.20. The monoisotopic (exact) mass is 491 g/mol. The largest absolute Gasteiger partial charge is 0.488 e. The molecule has 4 rings (SSSR count). The molecule has 1 N–H and O–H groups in total. The van der Waals surface area contributed by atoms with Crippen molar-refractivity contribution in [1.29, 1.82) is 5.26 Å². The molecule has 2 aromatic carbocycles. The Kier molecular flexibility index (Phi) is 7.35. The van der Waals surface area contributed by atoms with Gasteiger partial charge in [0.15, 0.2) is 5.13 Å². The quantitative estimate of drug-likeness (QED) is 0.349. The molecule has 178 valence electrons. The predicted octanol–water partition coefficient (Wildman–Crippen LogP) is 4.83. The van der Waals surface area contributed by atoms with Crippen LogP contribution in [-0.2, 0) is 4.74 Å². The van der Waals surface area contributed by atoms with Crippen LogP contribution in [0.25, 0.3) is 11.5 Å². The van der Waals surface area contributed by atoms with E-state index in [1.165, 1.54) is 6.20 Å². The molecule has 0 spiro atoms. The molecule has 0 saturated heterocycles. The highest BCUT2D eigenvalue weighted by Crippen LogP contribution is 2.30. The summed E-state index contributed by atoms with van der Waals surface area (Å²) >= 11 is 1.08. The number of nitrogens with zero attached hydrogens (tertiary/aromatic N) is 4. The first-order chi connectivity index (χ1) is 16.9. The highest BCUT2D eigenvalue weighted by molar-refractivity contribution is 7.16. The van der Waals surface area contributed by atoms with Crippen LogP contribution in [0.1, 0.15) is 28.0 Å². The van der Waals surface area contributed by atoms with E-state index >= 15 is 0 Å². The number of benzene rings is 2. The lowest BCUT2D eigenvalue weighted by Gasteiger charge is -2.16. The van der Waals surface area contributed by atoms with E-state index in [0.29, 0.717) is 51.2 Å². The molecule has 1 unspecified atom stereocenters. The van der Waals surface area contributed by atoms with E-state index in [-0.39, 0.29) is 6.10 Å². The number of carbonyl (C=O) groups excluding carboxylic acids is 1. The zero-order valence-electron chi connectivity index (χ0n) is 19.1. The summed E-state index contributed by atoms with van der Waals surface area (Å²) in [6.45, 7) is 3.95. The lowest BCUT2D eigenvalue weighted by molar-refractivity contribution is 0.0916. The lowest BCUT2D eigenvalue weighted by Crippen LogP contribution is -2.18. The Morgan fingerprint density at radius 1 is 1.17 bits per heavy atom. The Morgan fingerprint density at radius 3 is 2.60 bits per heavy atom. The summed E-state index contributed by atoms with van der Waals surface area (Å²) in [6.07, 6.45) is 1.15. The molecule has 2 heterocycles. The van der Waals surface area contributed by atoms with E-state index in [0.717, 1.165) is 16.9 Å². The number of carbonyl (C=O) groups is 1. The van der Waals surface area contributed by atoms with Crippen LogP contribution in [0, 0.1) is 18.3 Å². The molecule has 0 aliphatic heterocycles. The Morgan fingerprint density at radius 2 is 1.94 bits per heavy atom. The number of aromatic nitrogens is 3. The van der Waals surface area contributed by atoms with Gasteiger partial charge in [0.1, 0.15) is 34.3 Å². The number of hydrogen-bond donors (Lipinski definition) is 1. The first-order valence-corrected chi connectivity index (χ1v) is 11.3. The molecule has 0 saturated carbocycles. The summed E-state index contributed by atoms with van der Waals surface area (Å²) in [5.41, 5.74) is 1.05. The minimum Gasteiger partial charge on any atom is -0.488 e.